The number of rotatable bonds is 3. The fraction of sp³-hybridized carbons (Fsp3) is 0.158. The minimum Gasteiger partial charge on any atom is -0.495 e. The molecule has 0 saturated heterocycles. The number of aromatic nitrogens is 2. The number of nitrogens with one attached hydrogen (secondary N) is 1. The van der Waals surface area contributed by atoms with Crippen LogP contribution in [0.2, 0.25) is 0 Å². The summed E-state index contributed by atoms with van der Waals surface area (Å²) >= 11 is 0. The van der Waals surface area contributed by atoms with Gasteiger partial charge in [0.15, 0.2) is 0 Å². The lowest BCUT2D eigenvalue weighted by Gasteiger charge is -2.10. The van der Waals surface area contributed by atoms with Gasteiger partial charge in [-0.15, -0.1) is 6.42 Å². The average Bonchev–Trinajstić information content (AvgIpc) is 2.99. The van der Waals surface area contributed by atoms with Crippen molar-refractivity contribution in [2.45, 2.75) is 13.8 Å². The summed E-state index contributed by atoms with van der Waals surface area (Å²) in [4.78, 5) is 17.1. The summed E-state index contributed by atoms with van der Waals surface area (Å²) in [7, 11) is 1.54. The third-order valence-corrected chi connectivity index (χ3v) is 3.80. The molecule has 0 aliphatic rings. The Morgan fingerprint density at radius 3 is 2.79 bits per heavy atom. The number of benzene rings is 1. The topological polar surface area (TPSA) is 55.6 Å². The largest absolute Gasteiger partial charge is 0.495 e. The summed E-state index contributed by atoms with van der Waals surface area (Å²) in [5.41, 5.74) is 4.27. The first kappa shape index (κ1) is 15.6. The van der Waals surface area contributed by atoms with Crippen LogP contribution in [0.3, 0.4) is 0 Å². The van der Waals surface area contributed by atoms with Gasteiger partial charge in [0.2, 0.25) is 0 Å². The van der Waals surface area contributed by atoms with Crippen LogP contribution in [0.5, 0.6) is 5.75 Å². The summed E-state index contributed by atoms with van der Waals surface area (Å²) in [5, 5.41) is 2.86. The molecule has 1 aromatic carbocycles. The molecule has 5 nitrogen and oxygen atoms in total. The van der Waals surface area contributed by atoms with Crippen molar-refractivity contribution in [3.8, 4) is 18.1 Å². The summed E-state index contributed by atoms with van der Waals surface area (Å²) in [6.07, 6.45) is 7.23. The monoisotopic (exact) mass is 319 g/mol. The van der Waals surface area contributed by atoms with Crippen LogP contribution in [0.15, 0.2) is 36.5 Å². The Kier molecular flexibility index (Phi) is 3.97. The zero-order valence-electron chi connectivity index (χ0n) is 13.8. The van der Waals surface area contributed by atoms with E-state index in [1.807, 2.05) is 30.5 Å². The van der Waals surface area contributed by atoms with E-state index in [9.17, 15) is 4.79 Å². The molecule has 1 amide bonds. The van der Waals surface area contributed by atoms with Crippen LogP contribution in [0.1, 0.15) is 27.3 Å². The zero-order valence-corrected chi connectivity index (χ0v) is 13.8. The molecule has 3 aromatic rings. The molecule has 0 aliphatic heterocycles. The van der Waals surface area contributed by atoms with Crippen molar-refractivity contribution < 1.29 is 9.53 Å². The van der Waals surface area contributed by atoms with Gasteiger partial charge < -0.3 is 14.5 Å². The number of amides is 1. The molecule has 24 heavy (non-hydrogen) atoms. The van der Waals surface area contributed by atoms with E-state index in [1.54, 1.807) is 24.3 Å². The second-order valence-corrected chi connectivity index (χ2v) is 5.48. The number of fused-ring (bicyclic) bond motifs is 1. The van der Waals surface area contributed by atoms with Crippen LogP contribution in [0, 0.1) is 26.2 Å². The minimum absolute atomic E-state index is 0.248. The first-order chi connectivity index (χ1) is 11.5. The Bertz CT molecular complexity index is 980. The molecule has 0 atom stereocenters. The van der Waals surface area contributed by atoms with E-state index in [2.05, 4.69) is 16.2 Å². The molecule has 5 heteroatoms. The SMILES string of the molecule is C#Cc1ccc(NC(=O)c2ccn3c(C)cc(C)nc23)c(OC)c1. The second kappa shape index (κ2) is 6.09. The van der Waals surface area contributed by atoms with E-state index in [4.69, 9.17) is 11.2 Å². The van der Waals surface area contributed by atoms with E-state index in [0.717, 1.165) is 11.4 Å². The quantitative estimate of drug-likeness (QED) is 0.754. The highest BCUT2D eigenvalue weighted by molar-refractivity contribution is 6.09. The Labute approximate surface area is 140 Å². The number of nitrogens with zero attached hydrogens (tertiary/aromatic N) is 2. The lowest BCUT2D eigenvalue weighted by Crippen LogP contribution is -2.13. The Balaban J connectivity index is 1.98. The smallest absolute Gasteiger partial charge is 0.259 e. The molecular formula is C19H17N3O2. The molecular weight excluding hydrogens is 302 g/mol. The maximum absolute atomic E-state index is 12.7. The van der Waals surface area contributed by atoms with Crippen molar-refractivity contribution >= 4 is 17.2 Å². The number of anilines is 1. The lowest BCUT2D eigenvalue weighted by molar-refractivity contribution is 0.102. The van der Waals surface area contributed by atoms with Crippen molar-refractivity contribution in [1.82, 2.24) is 9.38 Å². The normalized spacial score (nSPS) is 10.4. The second-order valence-electron chi connectivity index (χ2n) is 5.48. The number of carbonyl (C=O) groups is 1. The van der Waals surface area contributed by atoms with Gasteiger partial charge >= 0.3 is 0 Å². The van der Waals surface area contributed by atoms with Crippen LogP contribution in [-0.2, 0) is 0 Å². The highest BCUT2D eigenvalue weighted by Gasteiger charge is 2.16. The molecule has 2 heterocycles. The molecule has 3 rings (SSSR count). The van der Waals surface area contributed by atoms with Gasteiger partial charge in [0.1, 0.15) is 11.4 Å². The molecule has 0 bridgehead atoms. The van der Waals surface area contributed by atoms with Gasteiger partial charge in [-0.2, -0.15) is 0 Å². The Hall–Kier alpha value is -3.26. The standard InChI is InChI=1S/C19H17N3O2/c1-5-14-6-7-16(17(11-14)24-4)21-19(23)15-8-9-22-13(3)10-12(2)20-18(15)22/h1,6-11H,2-4H3,(H,21,23). The number of terminal acetylenes is 1. The number of aryl methyl sites for hydroxylation is 2. The number of hydrogen-bond donors (Lipinski definition) is 1. The van der Waals surface area contributed by atoms with Gasteiger partial charge in [0.25, 0.3) is 5.91 Å². The van der Waals surface area contributed by atoms with Crippen LogP contribution in [0.25, 0.3) is 5.65 Å². The van der Waals surface area contributed by atoms with Crippen molar-refractivity contribution in [3.63, 3.8) is 0 Å². The van der Waals surface area contributed by atoms with E-state index in [0.29, 0.717) is 28.2 Å². The summed E-state index contributed by atoms with van der Waals surface area (Å²) < 4.78 is 7.19. The maximum Gasteiger partial charge on any atom is 0.259 e. The average molecular weight is 319 g/mol. The fourth-order valence-corrected chi connectivity index (χ4v) is 2.64. The summed E-state index contributed by atoms with van der Waals surface area (Å²) in [6.45, 7) is 3.88. The molecule has 0 spiro atoms. The fourth-order valence-electron chi connectivity index (χ4n) is 2.64. The van der Waals surface area contributed by atoms with Crippen molar-refractivity contribution in [3.05, 3.63) is 59.0 Å². The Morgan fingerprint density at radius 1 is 1.29 bits per heavy atom. The summed E-state index contributed by atoms with van der Waals surface area (Å²) in [5.74, 6) is 2.81. The molecule has 120 valence electrons. The van der Waals surface area contributed by atoms with Crippen molar-refractivity contribution in [2.24, 2.45) is 0 Å². The van der Waals surface area contributed by atoms with Gasteiger partial charge in [-0.3, -0.25) is 4.79 Å². The number of hydrogen-bond acceptors (Lipinski definition) is 3. The van der Waals surface area contributed by atoms with Crippen LogP contribution < -0.4 is 10.1 Å². The molecule has 0 saturated carbocycles. The number of methoxy groups -OCH3 is 1. The highest BCUT2D eigenvalue weighted by Crippen LogP contribution is 2.26. The van der Waals surface area contributed by atoms with Crippen molar-refractivity contribution in [1.29, 1.82) is 0 Å². The van der Waals surface area contributed by atoms with Crippen LogP contribution >= 0.6 is 0 Å². The third kappa shape index (κ3) is 2.70. The first-order valence-corrected chi connectivity index (χ1v) is 7.45. The van der Waals surface area contributed by atoms with Gasteiger partial charge in [-0.05, 0) is 44.2 Å². The molecule has 0 aliphatic carbocycles. The van der Waals surface area contributed by atoms with E-state index < -0.39 is 0 Å². The highest BCUT2D eigenvalue weighted by atomic mass is 16.5. The van der Waals surface area contributed by atoms with E-state index in [1.165, 1.54) is 7.11 Å². The van der Waals surface area contributed by atoms with Crippen LogP contribution in [0.4, 0.5) is 5.69 Å². The summed E-state index contributed by atoms with van der Waals surface area (Å²) in [6, 6.07) is 8.92. The maximum atomic E-state index is 12.7. The molecule has 1 N–H and O–H groups in total. The minimum atomic E-state index is -0.248. The molecule has 0 fully saturated rings. The van der Waals surface area contributed by atoms with Crippen LogP contribution in [-0.4, -0.2) is 22.4 Å². The van der Waals surface area contributed by atoms with Gasteiger partial charge in [-0.25, -0.2) is 4.98 Å². The Morgan fingerprint density at radius 2 is 2.08 bits per heavy atom. The molecule has 0 radical (unpaired) electrons. The van der Waals surface area contributed by atoms with E-state index >= 15 is 0 Å². The van der Waals surface area contributed by atoms with Crippen molar-refractivity contribution in [2.75, 3.05) is 12.4 Å². The lowest BCUT2D eigenvalue weighted by atomic mass is 10.2. The first-order valence-electron chi connectivity index (χ1n) is 7.45. The van der Waals surface area contributed by atoms with E-state index in [-0.39, 0.29) is 5.91 Å². The van der Waals surface area contributed by atoms with Gasteiger partial charge in [-0.1, -0.05) is 5.92 Å². The van der Waals surface area contributed by atoms with Gasteiger partial charge in [0, 0.05) is 23.1 Å². The number of ether oxygens (including phenoxy) is 1. The molecule has 0 unspecified atom stereocenters. The van der Waals surface area contributed by atoms with Gasteiger partial charge in [0.05, 0.1) is 18.4 Å². The number of carbonyl (C=O) groups excluding carboxylic acids is 1. The predicted molar refractivity (Wildman–Crippen MR) is 93.5 cm³/mol. The zero-order chi connectivity index (χ0) is 17.3. The predicted octanol–water partition coefficient (Wildman–Crippen LogP) is 3.19. The third-order valence-electron chi connectivity index (χ3n) is 3.80. The molecule has 2 aromatic heterocycles.